The third kappa shape index (κ3) is 4.81. The van der Waals surface area contributed by atoms with E-state index in [-0.39, 0.29) is 0 Å². The van der Waals surface area contributed by atoms with Gasteiger partial charge in [0.15, 0.2) is 0 Å². The number of rotatable bonds is 8. The molecule has 15 heavy (non-hydrogen) atoms. The average molecular weight is 232 g/mol. The largest absolute Gasteiger partial charge is 0.364 e. The molecule has 0 saturated carbocycles. The van der Waals surface area contributed by atoms with Crippen LogP contribution in [-0.4, -0.2) is 13.2 Å². The Balaban J connectivity index is 4.71. The van der Waals surface area contributed by atoms with Gasteiger partial charge in [0, 0.05) is 0 Å². The smallest absolute Gasteiger partial charge is 0.305 e. The summed E-state index contributed by atoms with van der Waals surface area (Å²) in [5, 5.41) is 0.577. The molecule has 0 bridgehead atoms. The SMILES string of the molecule is C=C=C(CCCC)P(=O)(OCC)OCC. The van der Waals surface area contributed by atoms with Crippen molar-refractivity contribution in [1.29, 1.82) is 0 Å². The second-order valence-corrected chi connectivity index (χ2v) is 5.11. The van der Waals surface area contributed by atoms with Crippen LogP contribution in [0.3, 0.4) is 0 Å². The van der Waals surface area contributed by atoms with Gasteiger partial charge < -0.3 is 9.05 Å². The first-order chi connectivity index (χ1) is 7.14. The van der Waals surface area contributed by atoms with E-state index in [1.807, 2.05) is 0 Å². The summed E-state index contributed by atoms with van der Waals surface area (Å²) in [6, 6.07) is 0. The van der Waals surface area contributed by atoms with E-state index in [0.29, 0.717) is 24.9 Å². The first-order valence-corrected chi connectivity index (χ1v) is 6.97. The maximum absolute atomic E-state index is 12.3. The van der Waals surface area contributed by atoms with Crippen LogP contribution in [0.5, 0.6) is 0 Å². The molecule has 0 saturated heterocycles. The van der Waals surface area contributed by atoms with Gasteiger partial charge in [-0.1, -0.05) is 19.9 Å². The van der Waals surface area contributed by atoms with Crippen LogP contribution in [0.1, 0.15) is 40.0 Å². The van der Waals surface area contributed by atoms with E-state index in [2.05, 4.69) is 19.2 Å². The highest BCUT2D eigenvalue weighted by molar-refractivity contribution is 7.58. The van der Waals surface area contributed by atoms with Gasteiger partial charge in [0.05, 0.1) is 18.5 Å². The minimum Gasteiger partial charge on any atom is -0.305 e. The van der Waals surface area contributed by atoms with E-state index in [1.54, 1.807) is 13.8 Å². The van der Waals surface area contributed by atoms with Crippen LogP contribution >= 0.6 is 7.60 Å². The second kappa shape index (κ2) is 7.90. The van der Waals surface area contributed by atoms with Gasteiger partial charge in [-0.15, -0.1) is 5.73 Å². The molecular weight excluding hydrogens is 211 g/mol. The minimum atomic E-state index is -3.12. The van der Waals surface area contributed by atoms with Crippen molar-refractivity contribution in [2.75, 3.05) is 13.2 Å². The van der Waals surface area contributed by atoms with E-state index in [4.69, 9.17) is 9.05 Å². The number of hydrogen-bond donors (Lipinski definition) is 0. The summed E-state index contributed by atoms with van der Waals surface area (Å²) in [6.45, 7) is 9.96. The number of unbranched alkanes of at least 4 members (excludes halogenated alkanes) is 1. The van der Waals surface area contributed by atoms with Gasteiger partial charge in [0.25, 0.3) is 0 Å². The molecule has 0 fully saturated rings. The van der Waals surface area contributed by atoms with Crippen LogP contribution in [0, 0.1) is 0 Å². The van der Waals surface area contributed by atoms with Crippen molar-refractivity contribution in [3.63, 3.8) is 0 Å². The summed E-state index contributed by atoms with van der Waals surface area (Å²) in [4.78, 5) is 0. The third-order valence-corrected chi connectivity index (χ3v) is 4.14. The fourth-order valence-electron chi connectivity index (χ4n) is 1.20. The molecule has 0 aromatic carbocycles. The zero-order chi connectivity index (χ0) is 11.7. The number of allylic oxidation sites excluding steroid dienone is 1. The Morgan fingerprint density at radius 3 is 2.13 bits per heavy atom. The van der Waals surface area contributed by atoms with Gasteiger partial charge in [-0.3, -0.25) is 4.57 Å². The first kappa shape index (κ1) is 14.7. The van der Waals surface area contributed by atoms with Crippen LogP contribution < -0.4 is 0 Å². The molecule has 0 atom stereocenters. The van der Waals surface area contributed by atoms with Crippen molar-refractivity contribution in [3.8, 4) is 0 Å². The lowest BCUT2D eigenvalue weighted by molar-refractivity contribution is 0.225. The predicted molar refractivity (Wildman–Crippen MR) is 63.0 cm³/mol. The summed E-state index contributed by atoms with van der Waals surface area (Å²) >= 11 is 0. The fraction of sp³-hybridized carbons (Fsp3) is 0.727. The molecule has 0 heterocycles. The first-order valence-electron chi connectivity index (χ1n) is 5.43. The molecule has 0 aliphatic heterocycles. The molecule has 0 radical (unpaired) electrons. The normalized spacial score (nSPS) is 11.1. The average Bonchev–Trinajstić information content (AvgIpc) is 2.19. The van der Waals surface area contributed by atoms with Gasteiger partial charge in [-0.05, 0) is 26.7 Å². The molecule has 0 amide bonds. The predicted octanol–water partition coefficient (Wildman–Crippen LogP) is 4.11. The maximum atomic E-state index is 12.3. The summed E-state index contributed by atoms with van der Waals surface area (Å²) in [5.74, 6) is 0. The van der Waals surface area contributed by atoms with Crippen LogP contribution in [0.2, 0.25) is 0 Å². The molecule has 0 aromatic rings. The van der Waals surface area contributed by atoms with Crippen LogP contribution in [-0.2, 0) is 13.6 Å². The molecule has 88 valence electrons. The monoisotopic (exact) mass is 232 g/mol. The van der Waals surface area contributed by atoms with Crippen molar-refractivity contribution in [2.24, 2.45) is 0 Å². The number of hydrogen-bond acceptors (Lipinski definition) is 3. The van der Waals surface area contributed by atoms with Crippen molar-refractivity contribution in [2.45, 2.75) is 40.0 Å². The van der Waals surface area contributed by atoms with E-state index in [9.17, 15) is 4.57 Å². The molecule has 0 rings (SSSR count). The van der Waals surface area contributed by atoms with Crippen molar-refractivity contribution >= 4 is 7.60 Å². The molecule has 0 unspecified atom stereocenters. The Morgan fingerprint density at radius 1 is 1.27 bits per heavy atom. The maximum Gasteiger partial charge on any atom is 0.364 e. The van der Waals surface area contributed by atoms with Crippen LogP contribution in [0.4, 0.5) is 0 Å². The van der Waals surface area contributed by atoms with Gasteiger partial charge in [0.2, 0.25) is 0 Å². The Morgan fingerprint density at radius 2 is 1.80 bits per heavy atom. The Labute approximate surface area is 92.7 Å². The van der Waals surface area contributed by atoms with Gasteiger partial charge in [0.1, 0.15) is 0 Å². The van der Waals surface area contributed by atoms with Gasteiger partial charge in [-0.2, -0.15) is 0 Å². The van der Waals surface area contributed by atoms with Crippen LogP contribution in [0.25, 0.3) is 0 Å². The van der Waals surface area contributed by atoms with Crippen molar-refractivity contribution in [1.82, 2.24) is 0 Å². The quantitative estimate of drug-likeness (QED) is 0.466. The van der Waals surface area contributed by atoms with E-state index < -0.39 is 7.60 Å². The van der Waals surface area contributed by atoms with Crippen LogP contribution in [0.15, 0.2) is 17.6 Å². The van der Waals surface area contributed by atoms with E-state index in [0.717, 1.165) is 12.8 Å². The lowest BCUT2D eigenvalue weighted by Crippen LogP contribution is -1.98. The Hall–Kier alpha value is -0.330. The lowest BCUT2D eigenvalue weighted by Gasteiger charge is -2.18. The minimum absolute atomic E-state index is 0.370. The molecule has 0 N–H and O–H groups in total. The fourth-order valence-corrected chi connectivity index (χ4v) is 2.89. The topological polar surface area (TPSA) is 35.5 Å². The summed E-state index contributed by atoms with van der Waals surface area (Å²) in [5.41, 5.74) is 2.70. The molecule has 0 aliphatic rings. The summed E-state index contributed by atoms with van der Waals surface area (Å²) in [7, 11) is -3.12. The zero-order valence-electron chi connectivity index (χ0n) is 9.91. The van der Waals surface area contributed by atoms with Crippen molar-refractivity contribution < 1.29 is 13.6 Å². The molecule has 0 aromatic heterocycles. The Bertz CT molecular complexity index is 257. The Kier molecular flexibility index (Phi) is 7.72. The molecule has 0 aliphatic carbocycles. The lowest BCUT2D eigenvalue weighted by atomic mass is 10.2. The summed E-state index contributed by atoms with van der Waals surface area (Å²) in [6.07, 6.45) is 2.66. The standard InChI is InChI=1S/C11H21O3P/c1-5-9-10-11(6-2)15(12,13-7-3)14-8-4/h2,5,7-10H2,1,3-4H3. The highest BCUT2D eigenvalue weighted by Gasteiger charge is 2.28. The molecular formula is C11H21O3P. The van der Waals surface area contributed by atoms with E-state index >= 15 is 0 Å². The van der Waals surface area contributed by atoms with Gasteiger partial charge >= 0.3 is 7.60 Å². The van der Waals surface area contributed by atoms with Crippen molar-refractivity contribution in [3.05, 3.63) is 17.6 Å². The summed E-state index contributed by atoms with van der Waals surface area (Å²) < 4.78 is 22.7. The second-order valence-electron chi connectivity index (χ2n) is 3.06. The molecule has 3 nitrogen and oxygen atoms in total. The molecule has 0 spiro atoms. The third-order valence-electron chi connectivity index (χ3n) is 1.90. The van der Waals surface area contributed by atoms with E-state index in [1.165, 1.54) is 0 Å². The van der Waals surface area contributed by atoms with Gasteiger partial charge in [-0.25, -0.2) is 0 Å². The highest BCUT2D eigenvalue weighted by Crippen LogP contribution is 2.57. The zero-order valence-corrected chi connectivity index (χ0v) is 10.8. The highest BCUT2D eigenvalue weighted by atomic mass is 31.2. The molecule has 4 heteroatoms.